The predicted octanol–water partition coefficient (Wildman–Crippen LogP) is 3.85. The molecule has 0 aromatic rings. The van der Waals surface area contributed by atoms with Gasteiger partial charge in [0.15, 0.2) is 0 Å². The van der Waals surface area contributed by atoms with E-state index < -0.39 is 0 Å². The van der Waals surface area contributed by atoms with Crippen molar-refractivity contribution < 1.29 is 4.79 Å². The van der Waals surface area contributed by atoms with Crippen LogP contribution in [0, 0.1) is 5.92 Å². The molecule has 3 aliphatic carbocycles. The third kappa shape index (κ3) is 3.28. The lowest BCUT2D eigenvalue weighted by molar-refractivity contribution is -0.119. The van der Waals surface area contributed by atoms with Gasteiger partial charge in [0, 0.05) is 22.2 Å². The van der Waals surface area contributed by atoms with Gasteiger partial charge in [-0.25, -0.2) is 4.99 Å². The van der Waals surface area contributed by atoms with Gasteiger partial charge in [0.25, 0.3) is 5.91 Å². The highest BCUT2D eigenvalue weighted by molar-refractivity contribution is 5.99. The van der Waals surface area contributed by atoms with Crippen LogP contribution in [0.25, 0.3) is 0 Å². The van der Waals surface area contributed by atoms with Crippen LogP contribution < -0.4 is 10.6 Å². The minimum absolute atomic E-state index is 0.0563. The summed E-state index contributed by atoms with van der Waals surface area (Å²) in [6.45, 7) is 11.9. The molecular formula is C20H31N3O. The van der Waals surface area contributed by atoms with Crippen molar-refractivity contribution in [1.29, 1.82) is 0 Å². The fourth-order valence-electron chi connectivity index (χ4n) is 3.76. The summed E-state index contributed by atoms with van der Waals surface area (Å²) in [5.41, 5.74) is 2.89. The van der Waals surface area contributed by atoms with Crippen LogP contribution in [0.3, 0.4) is 0 Å². The molecule has 0 aromatic carbocycles. The van der Waals surface area contributed by atoms with Gasteiger partial charge in [-0.05, 0) is 78.9 Å². The highest BCUT2D eigenvalue weighted by Gasteiger charge is 2.52. The second-order valence-electron chi connectivity index (χ2n) is 8.43. The van der Waals surface area contributed by atoms with Gasteiger partial charge < -0.3 is 10.6 Å². The standard InChI is InChI=1S/C20H31N3O/c1-13(2)16(14(3)17(21-5)22-19(4)9-10-19)18(24)23-20(11-12-20)15-7-6-8-15/h15,22H,5-12H2,1-4H3,(H,23,24)/b17-14-. The van der Waals surface area contributed by atoms with E-state index in [-0.39, 0.29) is 17.0 Å². The molecule has 0 heterocycles. The molecule has 2 N–H and O–H groups in total. The first-order chi connectivity index (χ1) is 11.3. The van der Waals surface area contributed by atoms with Crippen molar-refractivity contribution in [2.45, 2.75) is 83.7 Å². The van der Waals surface area contributed by atoms with Crippen LogP contribution in [0.2, 0.25) is 0 Å². The second-order valence-corrected chi connectivity index (χ2v) is 8.43. The average Bonchev–Trinajstić information content (AvgIpc) is 3.34. The Balaban J connectivity index is 1.80. The number of hydrogen-bond acceptors (Lipinski definition) is 3. The zero-order valence-electron chi connectivity index (χ0n) is 15.6. The Morgan fingerprint density at radius 1 is 1.08 bits per heavy atom. The number of nitrogens with one attached hydrogen (secondary N) is 2. The molecule has 0 atom stereocenters. The van der Waals surface area contributed by atoms with Crippen LogP contribution in [0.5, 0.6) is 0 Å². The minimum Gasteiger partial charge on any atom is -0.365 e. The zero-order chi connectivity index (χ0) is 17.5. The Hall–Kier alpha value is -1.58. The van der Waals surface area contributed by atoms with Crippen molar-refractivity contribution in [3.63, 3.8) is 0 Å². The second kappa shape index (κ2) is 6.05. The minimum atomic E-state index is 0.0563. The van der Waals surface area contributed by atoms with Crippen molar-refractivity contribution in [1.82, 2.24) is 10.6 Å². The fraction of sp³-hybridized carbons (Fsp3) is 0.700. The number of allylic oxidation sites excluding steroid dienone is 1. The number of hydrogen-bond donors (Lipinski definition) is 2. The van der Waals surface area contributed by atoms with Crippen molar-refractivity contribution in [3.05, 3.63) is 22.5 Å². The molecule has 3 aliphatic rings. The molecule has 4 nitrogen and oxygen atoms in total. The van der Waals surface area contributed by atoms with E-state index in [9.17, 15) is 4.79 Å². The normalized spacial score (nSPS) is 24.2. The number of amides is 1. The Kier molecular flexibility index (Phi) is 4.35. The van der Waals surface area contributed by atoms with E-state index in [0.717, 1.165) is 48.2 Å². The van der Waals surface area contributed by atoms with Gasteiger partial charge in [0.1, 0.15) is 5.82 Å². The van der Waals surface area contributed by atoms with Gasteiger partial charge in [-0.3, -0.25) is 4.79 Å². The summed E-state index contributed by atoms with van der Waals surface area (Å²) in [4.78, 5) is 17.2. The monoisotopic (exact) mass is 329 g/mol. The first-order valence-corrected chi connectivity index (χ1v) is 9.26. The molecule has 3 rings (SSSR count). The molecule has 3 fully saturated rings. The Morgan fingerprint density at radius 2 is 1.71 bits per heavy atom. The van der Waals surface area contributed by atoms with Crippen LogP contribution in [-0.4, -0.2) is 23.7 Å². The molecule has 0 aliphatic heterocycles. The first kappa shape index (κ1) is 17.2. The molecule has 0 radical (unpaired) electrons. The summed E-state index contributed by atoms with van der Waals surface area (Å²) in [6, 6.07) is 0. The maximum absolute atomic E-state index is 13.0. The van der Waals surface area contributed by atoms with E-state index >= 15 is 0 Å². The van der Waals surface area contributed by atoms with Crippen LogP contribution in [0.15, 0.2) is 27.5 Å². The van der Waals surface area contributed by atoms with E-state index in [1.54, 1.807) is 0 Å². The molecule has 0 bridgehead atoms. The summed E-state index contributed by atoms with van der Waals surface area (Å²) >= 11 is 0. The van der Waals surface area contributed by atoms with Crippen LogP contribution in [0.4, 0.5) is 0 Å². The van der Waals surface area contributed by atoms with Gasteiger partial charge >= 0.3 is 0 Å². The number of rotatable bonds is 7. The Bertz CT molecular complexity index is 613. The molecule has 1 amide bonds. The van der Waals surface area contributed by atoms with E-state index in [1.807, 2.05) is 20.8 Å². The lowest BCUT2D eigenvalue weighted by atomic mass is 9.77. The topological polar surface area (TPSA) is 53.5 Å². The first-order valence-electron chi connectivity index (χ1n) is 9.26. The molecule has 4 heteroatoms. The highest BCUT2D eigenvalue weighted by Crippen LogP contribution is 2.51. The maximum atomic E-state index is 13.0. The van der Waals surface area contributed by atoms with Crippen molar-refractivity contribution >= 4 is 12.6 Å². The van der Waals surface area contributed by atoms with Gasteiger partial charge in [-0.2, -0.15) is 0 Å². The van der Waals surface area contributed by atoms with E-state index in [1.165, 1.54) is 19.3 Å². The summed E-state index contributed by atoms with van der Waals surface area (Å²) in [5.74, 6) is 1.49. The lowest BCUT2D eigenvalue weighted by Gasteiger charge is -2.35. The number of aliphatic imine (C=N–C) groups is 1. The molecule has 3 saturated carbocycles. The molecule has 132 valence electrons. The average molecular weight is 329 g/mol. The largest absolute Gasteiger partial charge is 0.365 e. The molecule has 0 unspecified atom stereocenters. The third-order valence-corrected chi connectivity index (χ3v) is 6.07. The van der Waals surface area contributed by atoms with E-state index in [4.69, 9.17) is 0 Å². The number of carbonyl (C=O) groups excluding carboxylic acids is 1. The summed E-state index contributed by atoms with van der Waals surface area (Å²) in [6.07, 6.45) is 8.37. The van der Waals surface area contributed by atoms with Gasteiger partial charge in [-0.15, -0.1) is 0 Å². The van der Waals surface area contributed by atoms with Crippen molar-refractivity contribution in [2.24, 2.45) is 10.9 Å². The van der Waals surface area contributed by atoms with Crippen LogP contribution >= 0.6 is 0 Å². The zero-order valence-corrected chi connectivity index (χ0v) is 15.6. The maximum Gasteiger partial charge on any atom is 0.252 e. The number of nitrogens with zero attached hydrogens (tertiary/aromatic N) is 1. The van der Waals surface area contributed by atoms with Crippen LogP contribution in [-0.2, 0) is 4.79 Å². The van der Waals surface area contributed by atoms with Crippen molar-refractivity contribution in [2.75, 3.05) is 0 Å². The van der Waals surface area contributed by atoms with Gasteiger partial charge in [0.2, 0.25) is 0 Å². The fourth-order valence-corrected chi connectivity index (χ4v) is 3.76. The number of carbonyl (C=O) groups is 1. The molecule has 0 spiro atoms. The van der Waals surface area contributed by atoms with Gasteiger partial charge in [-0.1, -0.05) is 12.0 Å². The van der Waals surface area contributed by atoms with E-state index in [0.29, 0.717) is 5.92 Å². The van der Waals surface area contributed by atoms with Crippen molar-refractivity contribution in [3.8, 4) is 0 Å². The Labute approximate surface area is 145 Å². The van der Waals surface area contributed by atoms with Gasteiger partial charge in [0.05, 0.1) is 0 Å². The SMILES string of the molecule is C=N/C(NC1(C)CC1)=C(\C)C(C(=O)NC1(C2CCC2)CC1)=C(C)C. The molecule has 0 aromatic heterocycles. The van der Waals surface area contributed by atoms with Crippen LogP contribution in [0.1, 0.15) is 72.6 Å². The summed E-state index contributed by atoms with van der Waals surface area (Å²) in [7, 11) is 0. The molecule has 0 saturated heterocycles. The highest BCUT2D eigenvalue weighted by atomic mass is 16.2. The third-order valence-electron chi connectivity index (χ3n) is 6.07. The summed E-state index contributed by atoms with van der Waals surface area (Å²) < 4.78 is 0. The molecular weight excluding hydrogens is 298 g/mol. The predicted molar refractivity (Wildman–Crippen MR) is 98.8 cm³/mol. The van der Waals surface area contributed by atoms with E-state index in [2.05, 4.69) is 29.3 Å². The summed E-state index contributed by atoms with van der Waals surface area (Å²) in [5, 5.41) is 6.84. The Morgan fingerprint density at radius 3 is 2.08 bits per heavy atom. The lowest BCUT2D eigenvalue weighted by Crippen LogP contribution is -2.46. The smallest absolute Gasteiger partial charge is 0.252 e. The molecule has 24 heavy (non-hydrogen) atoms. The quantitative estimate of drug-likeness (QED) is 0.423.